The number of thioether (sulfide) groups is 1. The highest BCUT2D eigenvalue weighted by Crippen LogP contribution is 2.46. The van der Waals surface area contributed by atoms with E-state index in [1.807, 2.05) is 11.8 Å². The molecule has 2 fully saturated rings. The van der Waals surface area contributed by atoms with Gasteiger partial charge in [-0.1, -0.05) is 6.07 Å². The van der Waals surface area contributed by atoms with Crippen LogP contribution in [0.25, 0.3) is 0 Å². The Hall–Kier alpha value is -0.670. The number of nitrogens with two attached hydrogens (primary N) is 1. The van der Waals surface area contributed by atoms with Crippen molar-refractivity contribution in [2.45, 2.75) is 54.8 Å². The highest BCUT2D eigenvalue weighted by Gasteiger charge is 2.42. The van der Waals surface area contributed by atoms with Gasteiger partial charge in [0.1, 0.15) is 0 Å². The summed E-state index contributed by atoms with van der Waals surface area (Å²) < 4.78 is 5.97. The second kappa shape index (κ2) is 4.78. The molecule has 1 aromatic rings. The molecular formula is C15H21NOS. The van der Waals surface area contributed by atoms with Crippen molar-refractivity contribution in [3.63, 3.8) is 0 Å². The van der Waals surface area contributed by atoms with Crippen molar-refractivity contribution >= 4 is 17.4 Å². The molecule has 1 heterocycles. The molecule has 0 aromatic heterocycles. The van der Waals surface area contributed by atoms with Gasteiger partial charge in [0.25, 0.3) is 0 Å². The van der Waals surface area contributed by atoms with Crippen LogP contribution in [0.15, 0.2) is 23.1 Å². The summed E-state index contributed by atoms with van der Waals surface area (Å²) in [6.07, 6.45) is 6.20. The van der Waals surface area contributed by atoms with Crippen molar-refractivity contribution in [1.82, 2.24) is 0 Å². The van der Waals surface area contributed by atoms with E-state index in [0.29, 0.717) is 5.25 Å². The lowest BCUT2D eigenvalue weighted by Crippen LogP contribution is -2.46. The molecule has 2 N–H and O–H groups in total. The average Bonchev–Trinajstić information content (AvgIpc) is 2.31. The van der Waals surface area contributed by atoms with Crippen LogP contribution in [0.2, 0.25) is 0 Å². The number of nitrogen functional groups attached to an aromatic ring is 1. The fraction of sp³-hybridized carbons (Fsp3) is 0.600. The minimum Gasteiger partial charge on any atom is -0.398 e. The van der Waals surface area contributed by atoms with Gasteiger partial charge in [-0.05, 0) is 56.7 Å². The van der Waals surface area contributed by atoms with E-state index < -0.39 is 0 Å². The minimum atomic E-state index is 0.232. The Balaban J connectivity index is 1.68. The topological polar surface area (TPSA) is 35.2 Å². The van der Waals surface area contributed by atoms with Gasteiger partial charge in [-0.2, -0.15) is 0 Å². The summed E-state index contributed by atoms with van der Waals surface area (Å²) in [6.45, 7) is 3.01. The van der Waals surface area contributed by atoms with Gasteiger partial charge in [-0.25, -0.2) is 0 Å². The molecule has 3 rings (SSSR count). The van der Waals surface area contributed by atoms with Crippen molar-refractivity contribution in [3.05, 3.63) is 23.8 Å². The van der Waals surface area contributed by atoms with Crippen LogP contribution in [0.4, 0.5) is 5.69 Å². The van der Waals surface area contributed by atoms with Gasteiger partial charge in [0.2, 0.25) is 0 Å². The van der Waals surface area contributed by atoms with E-state index >= 15 is 0 Å². The predicted octanol–water partition coefficient (Wildman–Crippen LogP) is 3.77. The Labute approximate surface area is 113 Å². The van der Waals surface area contributed by atoms with Gasteiger partial charge in [0.15, 0.2) is 0 Å². The monoisotopic (exact) mass is 263 g/mol. The normalized spacial score (nSPS) is 25.9. The van der Waals surface area contributed by atoms with Crippen molar-refractivity contribution in [2.24, 2.45) is 0 Å². The van der Waals surface area contributed by atoms with Crippen molar-refractivity contribution in [1.29, 1.82) is 0 Å². The van der Waals surface area contributed by atoms with E-state index in [-0.39, 0.29) is 5.60 Å². The maximum Gasteiger partial charge on any atom is 0.0693 e. The third-order valence-electron chi connectivity index (χ3n) is 4.17. The molecular weight excluding hydrogens is 242 g/mol. The van der Waals surface area contributed by atoms with Crippen LogP contribution in [0, 0.1) is 6.92 Å². The molecule has 98 valence electrons. The molecule has 3 heteroatoms. The maximum atomic E-state index is 6.10. The summed E-state index contributed by atoms with van der Waals surface area (Å²) in [7, 11) is 0. The van der Waals surface area contributed by atoms with Gasteiger partial charge >= 0.3 is 0 Å². The van der Waals surface area contributed by atoms with Gasteiger partial charge in [-0.15, -0.1) is 11.8 Å². The third-order valence-corrected chi connectivity index (χ3v) is 5.53. The summed E-state index contributed by atoms with van der Waals surface area (Å²) in [5, 5.41) is 0.670. The maximum absolute atomic E-state index is 6.10. The summed E-state index contributed by atoms with van der Waals surface area (Å²) in [5.41, 5.74) is 8.49. The van der Waals surface area contributed by atoms with Crippen LogP contribution < -0.4 is 5.73 Å². The van der Waals surface area contributed by atoms with E-state index in [1.165, 1.54) is 36.1 Å². The number of rotatable bonds is 2. The second-order valence-electron chi connectivity index (χ2n) is 5.66. The van der Waals surface area contributed by atoms with Gasteiger partial charge < -0.3 is 10.5 Å². The molecule has 1 saturated heterocycles. The standard InChI is InChI=1S/C15H21NOS/c1-11-3-4-14(13(16)9-11)18-12-5-8-17-15(10-12)6-2-7-15/h3-4,9,12H,2,5-8,10,16H2,1H3. The number of aryl methyl sites for hydroxylation is 1. The largest absolute Gasteiger partial charge is 0.398 e. The first-order chi connectivity index (χ1) is 8.67. The summed E-state index contributed by atoms with van der Waals surface area (Å²) in [6, 6.07) is 6.39. The molecule has 1 unspecified atom stereocenters. The number of hydrogen-bond acceptors (Lipinski definition) is 3. The molecule has 2 nitrogen and oxygen atoms in total. The quantitative estimate of drug-likeness (QED) is 0.825. The summed E-state index contributed by atoms with van der Waals surface area (Å²) in [4.78, 5) is 1.24. The Morgan fingerprint density at radius 3 is 2.89 bits per heavy atom. The van der Waals surface area contributed by atoms with E-state index in [4.69, 9.17) is 10.5 Å². The number of anilines is 1. The Kier molecular flexibility index (Phi) is 3.29. The fourth-order valence-electron chi connectivity index (χ4n) is 2.96. The van der Waals surface area contributed by atoms with Gasteiger partial charge in [0.05, 0.1) is 5.60 Å². The molecule has 1 aromatic carbocycles. The van der Waals surface area contributed by atoms with Crippen molar-refractivity contribution in [2.75, 3.05) is 12.3 Å². The van der Waals surface area contributed by atoms with Crippen LogP contribution >= 0.6 is 11.8 Å². The zero-order valence-electron chi connectivity index (χ0n) is 10.9. The molecule has 0 bridgehead atoms. The second-order valence-corrected chi connectivity index (χ2v) is 7.00. The Bertz CT molecular complexity index is 442. The highest BCUT2D eigenvalue weighted by atomic mass is 32.2. The van der Waals surface area contributed by atoms with Crippen LogP contribution in [0.3, 0.4) is 0 Å². The molecule has 1 aliphatic heterocycles. The molecule has 0 amide bonds. The third kappa shape index (κ3) is 2.39. The van der Waals surface area contributed by atoms with Gasteiger partial charge in [-0.3, -0.25) is 0 Å². The van der Waals surface area contributed by atoms with E-state index in [0.717, 1.165) is 18.7 Å². The molecule has 1 saturated carbocycles. The molecule has 18 heavy (non-hydrogen) atoms. The van der Waals surface area contributed by atoms with Crippen LogP contribution in [0.1, 0.15) is 37.7 Å². The van der Waals surface area contributed by atoms with Crippen LogP contribution in [0.5, 0.6) is 0 Å². The van der Waals surface area contributed by atoms with Crippen molar-refractivity contribution < 1.29 is 4.74 Å². The SMILES string of the molecule is Cc1ccc(SC2CCOC3(CCC3)C2)c(N)c1. The molecule has 0 radical (unpaired) electrons. The lowest BCUT2D eigenvalue weighted by molar-refractivity contribution is -0.125. The summed E-state index contributed by atoms with van der Waals surface area (Å²) >= 11 is 1.95. The Morgan fingerprint density at radius 1 is 1.39 bits per heavy atom. The summed E-state index contributed by atoms with van der Waals surface area (Å²) in [5.74, 6) is 0. The first-order valence-electron chi connectivity index (χ1n) is 6.84. The van der Waals surface area contributed by atoms with Crippen LogP contribution in [-0.4, -0.2) is 17.5 Å². The molecule has 1 spiro atoms. The zero-order chi connectivity index (χ0) is 12.6. The van der Waals surface area contributed by atoms with E-state index in [9.17, 15) is 0 Å². The molecule has 1 atom stereocenters. The van der Waals surface area contributed by atoms with Crippen LogP contribution in [-0.2, 0) is 4.74 Å². The first-order valence-corrected chi connectivity index (χ1v) is 7.72. The molecule has 2 aliphatic rings. The lowest BCUT2D eigenvalue weighted by Gasteiger charge is -2.47. The fourth-order valence-corrected chi connectivity index (χ4v) is 4.26. The minimum absolute atomic E-state index is 0.232. The number of ether oxygens (including phenoxy) is 1. The average molecular weight is 263 g/mol. The van der Waals surface area contributed by atoms with Crippen molar-refractivity contribution in [3.8, 4) is 0 Å². The predicted molar refractivity (Wildman–Crippen MR) is 77.0 cm³/mol. The molecule has 1 aliphatic carbocycles. The van der Waals surface area contributed by atoms with E-state index in [2.05, 4.69) is 25.1 Å². The number of benzene rings is 1. The lowest BCUT2D eigenvalue weighted by atomic mass is 9.75. The number of hydrogen-bond donors (Lipinski definition) is 1. The Morgan fingerprint density at radius 2 is 2.22 bits per heavy atom. The van der Waals surface area contributed by atoms with E-state index in [1.54, 1.807) is 0 Å². The smallest absolute Gasteiger partial charge is 0.0693 e. The zero-order valence-corrected chi connectivity index (χ0v) is 11.8. The highest BCUT2D eigenvalue weighted by molar-refractivity contribution is 8.00. The van der Waals surface area contributed by atoms with Gasteiger partial charge in [0, 0.05) is 22.4 Å². The first kappa shape index (κ1) is 12.4.